The van der Waals surface area contributed by atoms with Crippen LogP contribution in [0.25, 0.3) is 0 Å². The van der Waals surface area contributed by atoms with Crippen molar-refractivity contribution in [2.24, 2.45) is 5.10 Å². The third kappa shape index (κ3) is 5.14. The number of rotatable bonds is 6. The summed E-state index contributed by atoms with van der Waals surface area (Å²) in [5.74, 6) is -0.167. The van der Waals surface area contributed by atoms with Crippen molar-refractivity contribution >= 4 is 33.8 Å². The monoisotopic (exact) mass is 360 g/mol. The van der Waals surface area contributed by atoms with Crippen molar-refractivity contribution in [3.63, 3.8) is 0 Å². The van der Waals surface area contributed by atoms with Crippen molar-refractivity contribution in [1.82, 2.24) is 5.43 Å². The normalized spacial score (nSPS) is 10.4. The number of ether oxygens (including phenoxy) is 1. The van der Waals surface area contributed by atoms with Crippen LogP contribution in [0, 0.1) is 0 Å². The molecule has 2 aromatic carbocycles. The molecule has 0 saturated carbocycles. The first-order valence-corrected chi connectivity index (χ1v) is 7.24. The van der Waals surface area contributed by atoms with Gasteiger partial charge in [0.2, 0.25) is 5.78 Å². The van der Waals surface area contributed by atoms with Gasteiger partial charge in [0, 0.05) is 10.0 Å². The zero-order valence-electron chi connectivity index (χ0n) is 11.5. The summed E-state index contributed by atoms with van der Waals surface area (Å²) < 4.78 is 6.15. The molecule has 0 heterocycles. The number of carbonyl (C=O) groups excluding carboxylic acids is 2. The Balaban J connectivity index is 1.78. The fourth-order valence-corrected chi connectivity index (χ4v) is 1.96. The fourth-order valence-electron chi connectivity index (χ4n) is 1.58. The van der Waals surface area contributed by atoms with Crippen molar-refractivity contribution in [2.75, 3.05) is 6.61 Å². The van der Waals surface area contributed by atoms with Gasteiger partial charge in [0.15, 0.2) is 6.61 Å². The summed E-state index contributed by atoms with van der Waals surface area (Å²) in [5, 5.41) is 3.61. The summed E-state index contributed by atoms with van der Waals surface area (Å²) in [4.78, 5) is 23.3. The average molecular weight is 361 g/mol. The van der Waals surface area contributed by atoms with E-state index in [9.17, 15) is 9.59 Å². The molecule has 0 aliphatic rings. The number of halogens is 1. The lowest BCUT2D eigenvalue weighted by molar-refractivity contribution is -0.123. The van der Waals surface area contributed by atoms with Crippen LogP contribution < -0.4 is 10.2 Å². The van der Waals surface area contributed by atoms with E-state index in [0.29, 0.717) is 11.3 Å². The van der Waals surface area contributed by atoms with E-state index in [4.69, 9.17) is 4.74 Å². The minimum absolute atomic E-state index is 0.187. The Morgan fingerprint density at radius 1 is 1.14 bits per heavy atom. The third-order valence-corrected chi connectivity index (χ3v) is 3.09. The Morgan fingerprint density at radius 2 is 1.91 bits per heavy atom. The zero-order valence-corrected chi connectivity index (χ0v) is 13.1. The zero-order chi connectivity index (χ0) is 15.8. The number of hydrogen-bond acceptors (Lipinski definition) is 4. The Labute approximate surface area is 136 Å². The van der Waals surface area contributed by atoms with Gasteiger partial charge in [0.05, 0.1) is 6.21 Å². The van der Waals surface area contributed by atoms with E-state index in [1.807, 2.05) is 12.1 Å². The van der Waals surface area contributed by atoms with Gasteiger partial charge in [-0.05, 0) is 18.2 Å². The molecule has 0 aromatic heterocycles. The fraction of sp³-hybridized carbons (Fsp3) is 0.0625. The Kier molecular flexibility index (Phi) is 5.85. The maximum atomic E-state index is 11.7. The Bertz CT molecular complexity index is 687. The van der Waals surface area contributed by atoms with Crippen molar-refractivity contribution < 1.29 is 14.3 Å². The average Bonchev–Trinajstić information content (AvgIpc) is 2.54. The number of nitrogens with one attached hydrogen (secondary N) is 1. The largest absolute Gasteiger partial charge is 0.484 e. The molecule has 6 heteroatoms. The molecule has 5 nitrogen and oxygen atoms in total. The van der Waals surface area contributed by atoms with Crippen molar-refractivity contribution in [3.8, 4) is 5.75 Å². The first-order valence-electron chi connectivity index (χ1n) is 6.45. The second-order valence-corrected chi connectivity index (χ2v) is 5.19. The molecular formula is C16H13BrN2O3. The molecule has 2 aromatic rings. The molecular weight excluding hydrogens is 348 g/mol. The van der Waals surface area contributed by atoms with E-state index in [2.05, 4.69) is 26.5 Å². The van der Waals surface area contributed by atoms with Crippen molar-refractivity contribution in [1.29, 1.82) is 0 Å². The molecule has 0 aliphatic carbocycles. The highest BCUT2D eigenvalue weighted by atomic mass is 79.9. The van der Waals surface area contributed by atoms with E-state index >= 15 is 0 Å². The predicted molar refractivity (Wildman–Crippen MR) is 87.0 cm³/mol. The van der Waals surface area contributed by atoms with Crippen molar-refractivity contribution in [3.05, 3.63) is 64.6 Å². The van der Waals surface area contributed by atoms with Crippen LogP contribution in [-0.4, -0.2) is 24.5 Å². The van der Waals surface area contributed by atoms with Gasteiger partial charge in [-0.15, -0.1) is 0 Å². The quantitative estimate of drug-likeness (QED) is 0.489. The van der Waals surface area contributed by atoms with E-state index in [1.165, 1.54) is 0 Å². The number of hydrogen-bond donors (Lipinski definition) is 1. The van der Waals surface area contributed by atoms with Crippen LogP contribution in [-0.2, 0) is 4.79 Å². The second-order valence-electron chi connectivity index (χ2n) is 4.27. The van der Waals surface area contributed by atoms with E-state index < -0.39 is 5.91 Å². The number of ketones is 1. The summed E-state index contributed by atoms with van der Waals surface area (Å²) in [7, 11) is 0. The van der Waals surface area contributed by atoms with Crippen LogP contribution in [0.4, 0.5) is 0 Å². The number of carbonyl (C=O) groups is 2. The van der Waals surface area contributed by atoms with Crippen LogP contribution in [0.3, 0.4) is 0 Å². The molecule has 1 N–H and O–H groups in total. The maximum absolute atomic E-state index is 11.7. The SMILES string of the molecule is O=C(COc1cccc(Br)c1)NN=CC(=O)c1ccccc1. The maximum Gasteiger partial charge on any atom is 0.277 e. The van der Waals surface area contributed by atoms with Gasteiger partial charge in [0.1, 0.15) is 5.75 Å². The molecule has 0 atom stereocenters. The summed E-state index contributed by atoms with van der Waals surface area (Å²) in [6, 6.07) is 15.8. The molecule has 22 heavy (non-hydrogen) atoms. The van der Waals surface area contributed by atoms with Gasteiger partial charge >= 0.3 is 0 Å². The van der Waals surface area contributed by atoms with E-state index in [1.54, 1.807) is 42.5 Å². The minimum atomic E-state index is -0.447. The summed E-state index contributed by atoms with van der Waals surface area (Å²) in [6.07, 6.45) is 1.06. The molecule has 0 aliphatic heterocycles. The Morgan fingerprint density at radius 3 is 2.64 bits per heavy atom. The standard InChI is InChI=1S/C16H13BrN2O3/c17-13-7-4-8-14(9-13)22-11-16(21)19-18-10-15(20)12-5-2-1-3-6-12/h1-10H,11H2,(H,19,21). The highest BCUT2D eigenvalue weighted by Gasteiger charge is 2.03. The van der Waals surface area contributed by atoms with Crippen LogP contribution in [0.2, 0.25) is 0 Å². The van der Waals surface area contributed by atoms with E-state index in [-0.39, 0.29) is 12.4 Å². The molecule has 2 rings (SSSR count). The van der Waals surface area contributed by atoms with Crippen LogP contribution in [0.1, 0.15) is 10.4 Å². The summed E-state index contributed by atoms with van der Waals surface area (Å²) in [5.41, 5.74) is 2.75. The highest BCUT2D eigenvalue weighted by Crippen LogP contribution is 2.17. The minimum Gasteiger partial charge on any atom is -0.484 e. The molecule has 112 valence electrons. The second kappa shape index (κ2) is 8.09. The predicted octanol–water partition coefficient (Wildman–Crippen LogP) is 2.81. The smallest absolute Gasteiger partial charge is 0.277 e. The van der Waals surface area contributed by atoms with Crippen LogP contribution in [0.5, 0.6) is 5.75 Å². The molecule has 0 spiro atoms. The van der Waals surface area contributed by atoms with Gasteiger partial charge in [-0.3, -0.25) is 9.59 Å². The number of benzene rings is 2. The Hall–Kier alpha value is -2.47. The first kappa shape index (κ1) is 15.9. The van der Waals surface area contributed by atoms with Gasteiger partial charge in [-0.1, -0.05) is 52.3 Å². The number of hydrazone groups is 1. The van der Waals surface area contributed by atoms with Gasteiger partial charge in [-0.2, -0.15) is 5.10 Å². The van der Waals surface area contributed by atoms with Crippen molar-refractivity contribution in [2.45, 2.75) is 0 Å². The van der Waals surface area contributed by atoms with E-state index in [0.717, 1.165) is 10.7 Å². The molecule has 0 saturated heterocycles. The topological polar surface area (TPSA) is 67.8 Å². The molecule has 1 amide bonds. The first-order chi connectivity index (χ1) is 10.6. The lowest BCUT2D eigenvalue weighted by Gasteiger charge is -2.04. The third-order valence-electron chi connectivity index (χ3n) is 2.60. The number of amides is 1. The van der Waals surface area contributed by atoms with Crippen LogP contribution in [0.15, 0.2) is 64.2 Å². The summed E-state index contributed by atoms with van der Waals surface area (Å²) in [6.45, 7) is -0.187. The number of Topliss-reactive ketones (excluding diaryl/α,β-unsaturated/α-hetero) is 1. The lowest BCUT2D eigenvalue weighted by atomic mass is 10.1. The lowest BCUT2D eigenvalue weighted by Crippen LogP contribution is -2.25. The molecule has 0 fully saturated rings. The number of nitrogens with zero attached hydrogens (tertiary/aromatic N) is 1. The van der Waals surface area contributed by atoms with Gasteiger partial charge < -0.3 is 4.74 Å². The molecule has 0 radical (unpaired) electrons. The summed E-state index contributed by atoms with van der Waals surface area (Å²) >= 11 is 3.31. The molecule has 0 bridgehead atoms. The highest BCUT2D eigenvalue weighted by molar-refractivity contribution is 9.10. The molecule has 0 unspecified atom stereocenters. The van der Waals surface area contributed by atoms with Gasteiger partial charge in [-0.25, -0.2) is 5.43 Å². The van der Waals surface area contributed by atoms with Crippen LogP contribution >= 0.6 is 15.9 Å². The van der Waals surface area contributed by atoms with Gasteiger partial charge in [0.25, 0.3) is 5.91 Å².